The third-order valence-corrected chi connectivity index (χ3v) is 5.61. The molecule has 0 saturated heterocycles. The lowest BCUT2D eigenvalue weighted by atomic mass is 10.0. The van der Waals surface area contributed by atoms with E-state index in [2.05, 4.69) is 19.2 Å². The van der Waals surface area contributed by atoms with Crippen molar-refractivity contribution in [1.29, 1.82) is 0 Å². The van der Waals surface area contributed by atoms with Crippen LogP contribution in [0.5, 0.6) is 11.5 Å². The van der Waals surface area contributed by atoms with Gasteiger partial charge in [-0.25, -0.2) is 0 Å². The van der Waals surface area contributed by atoms with Gasteiger partial charge in [-0.3, -0.25) is 4.79 Å². The molecular weight excluding hydrogens is 373 g/mol. The maximum Gasteiger partial charge on any atom is 0.255 e. The Kier molecular flexibility index (Phi) is 5.09. The highest BCUT2D eigenvalue weighted by atomic mass is 35.5. The van der Waals surface area contributed by atoms with Gasteiger partial charge in [0, 0.05) is 23.0 Å². The van der Waals surface area contributed by atoms with Crippen molar-refractivity contribution >= 4 is 29.1 Å². The number of nitrogens with one attached hydrogen (secondary N) is 1. The fourth-order valence-electron chi connectivity index (χ4n) is 3.46. The molecule has 1 aliphatic carbocycles. The molecule has 0 aliphatic heterocycles. The molecule has 6 heteroatoms. The normalized spacial score (nSPS) is 20.4. The fourth-order valence-corrected chi connectivity index (χ4v) is 3.82. The zero-order chi connectivity index (χ0) is 19.1. The number of carbonyl (C=O) groups excluding carboxylic acids is 1. The highest BCUT2D eigenvalue weighted by Gasteiger charge is 2.59. The summed E-state index contributed by atoms with van der Waals surface area (Å²) in [4.78, 5) is 12.8. The number of ether oxygens (including phenoxy) is 2. The average molecular weight is 394 g/mol. The van der Waals surface area contributed by atoms with E-state index in [4.69, 9.17) is 32.7 Å². The quantitative estimate of drug-likeness (QED) is 0.782. The summed E-state index contributed by atoms with van der Waals surface area (Å²) < 4.78 is 10.5. The van der Waals surface area contributed by atoms with Crippen LogP contribution in [0.15, 0.2) is 36.4 Å². The van der Waals surface area contributed by atoms with E-state index in [1.807, 2.05) is 24.3 Å². The van der Waals surface area contributed by atoms with Crippen molar-refractivity contribution in [1.82, 2.24) is 5.32 Å². The first kappa shape index (κ1) is 18.9. The number of halogens is 2. The van der Waals surface area contributed by atoms with Crippen LogP contribution in [0.2, 0.25) is 10.0 Å². The van der Waals surface area contributed by atoms with Gasteiger partial charge in [-0.15, -0.1) is 0 Å². The van der Waals surface area contributed by atoms with Crippen molar-refractivity contribution < 1.29 is 14.3 Å². The first-order chi connectivity index (χ1) is 12.3. The molecule has 1 aliphatic rings. The number of carbonyl (C=O) groups is 1. The lowest BCUT2D eigenvalue weighted by molar-refractivity contribution is 0.0943. The van der Waals surface area contributed by atoms with E-state index < -0.39 is 0 Å². The van der Waals surface area contributed by atoms with E-state index in [1.54, 1.807) is 12.1 Å². The molecule has 1 amide bonds. The van der Waals surface area contributed by atoms with Crippen molar-refractivity contribution in [3.8, 4) is 11.5 Å². The van der Waals surface area contributed by atoms with Crippen LogP contribution in [-0.4, -0.2) is 26.2 Å². The first-order valence-electron chi connectivity index (χ1n) is 8.27. The predicted molar refractivity (Wildman–Crippen MR) is 104 cm³/mol. The topological polar surface area (TPSA) is 47.6 Å². The second-order valence-corrected chi connectivity index (χ2v) is 7.83. The van der Waals surface area contributed by atoms with Crippen LogP contribution in [0.3, 0.4) is 0 Å². The van der Waals surface area contributed by atoms with Gasteiger partial charge in [-0.1, -0.05) is 49.2 Å². The second-order valence-electron chi connectivity index (χ2n) is 6.99. The standard InChI is InChI=1S/C20H21Cl2NO3/c1-20(2)17(11-5-7-12(21)8-6-11)18(20)23-19(24)13-9-14(22)16(26-4)10-15(13)25-3/h5-10,17-18H,1-4H3,(H,23,24)/t17-,18-/m0/s1. The predicted octanol–water partition coefficient (Wildman–Crippen LogP) is 4.93. The largest absolute Gasteiger partial charge is 0.496 e. The molecule has 2 aromatic rings. The monoisotopic (exact) mass is 393 g/mol. The summed E-state index contributed by atoms with van der Waals surface area (Å²) in [6, 6.07) is 11.0. The van der Waals surface area contributed by atoms with E-state index in [9.17, 15) is 4.79 Å². The molecule has 0 radical (unpaired) electrons. The molecular formula is C20H21Cl2NO3. The Bertz CT molecular complexity index is 834. The Balaban J connectivity index is 1.82. The van der Waals surface area contributed by atoms with E-state index in [-0.39, 0.29) is 23.3 Å². The molecule has 2 atom stereocenters. The maximum atomic E-state index is 12.8. The van der Waals surface area contributed by atoms with E-state index in [1.165, 1.54) is 14.2 Å². The van der Waals surface area contributed by atoms with Gasteiger partial charge in [0.25, 0.3) is 5.91 Å². The minimum absolute atomic E-state index is 0.0155. The zero-order valence-electron chi connectivity index (χ0n) is 15.1. The Labute approximate surface area is 163 Å². The van der Waals surface area contributed by atoms with Crippen LogP contribution in [0.1, 0.15) is 35.7 Å². The lowest BCUT2D eigenvalue weighted by Crippen LogP contribution is -2.29. The number of hydrogen-bond acceptors (Lipinski definition) is 3. The van der Waals surface area contributed by atoms with Crippen LogP contribution in [-0.2, 0) is 0 Å². The van der Waals surface area contributed by atoms with E-state index >= 15 is 0 Å². The molecule has 1 saturated carbocycles. The molecule has 0 spiro atoms. The molecule has 26 heavy (non-hydrogen) atoms. The van der Waals surface area contributed by atoms with Crippen LogP contribution in [0, 0.1) is 5.41 Å². The third kappa shape index (κ3) is 3.36. The number of hydrogen-bond donors (Lipinski definition) is 1. The van der Waals surface area contributed by atoms with Crippen LogP contribution < -0.4 is 14.8 Å². The molecule has 1 fully saturated rings. The summed E-state index contributed by atoms with van der Waals surface area (Å²) >= 11 is 12.2. The average Bonchev–Trinajstić information content (AvgIpc) is 3.15. The summed E-state index contributed by atoms with van der Waals surface area (Å²) in [6.45, 7) is 4.27. The van der Waals surface area contributed by atoms with Gasteiger partial charge < -0.3 is 14.8 Å². The molecule has 138 valence electrons. The van der Waals surface area contributed by atoms with Crippen LogP contribution in [0.4, 0.5) is 0 Å². The zero-order valence-corrected chi connectivity index (χ0v) is 16.6. The van der Waals surface area contributed by atoms with Gasteiger partial charge in [0.15, 0.2) is 0 Å². The molecule has 0 heterocycles. The Morgan fingerprint density at radius 2 is 1.65 bits per heavy atom. The van der Waals surface area contributed by atoms with Crippen LogP contribution in [0.25, 0.3) is 0 Å². The number of amides is 1. The molecule has 3 rings (SSSR count). The first-order valence-corrected chi connectivity index (χ1v) is 9.03. The second kappa shape index (κ2) is 7.01. The summed E-state index contributed by atoms with van der Waals surface area (Å²) in [5.74, 6) is 0.889. The minimum Gasteiger partial charge on any atom is -0.496 e. The van der Waals surface area contributed by atoms with Gasteiger partial charge in [-0.05, 0) is 29.2 Å². The summed E-state index contributed by atoms with van der Waals surface area (Å²) in [6.07, 6.45) is 0. The highest BCUT2D eigenvalue weighted by molar-refractivity contribution is 6.32. The third-order valence-electron chi connectivity index (χ3n) is 5.06. The summed E-state index contributed by atoms with van der Waals surface area (Å²) in [7, 11) is 3.03. The van der Waals surface area contributed by atoms with Gasteiger partial charge in [-0.2, -0.15) is 0 Å². The van der Waals surface area contributed by atoms with Gasteiger partial charge >= 0.3 is 0 Å². The Morgan fingerprint density at radius 3 is 2.23 bits per heavy atom. The van der Waals surface area contributed by atoms with Crippen molar-refractivity contribution in [2.45, 2.75) is 25.8 Å². The van der Waals surface area contributed by atoms with E-state index in [0.29, 0.717) is 27.1 Å². The van der Waals surface area contributed by atoms with Crippen molar-refractivity contribution in [2.24, 2.45) is 5.41 Å². The Morgan fingerprint density at radius 1 is 1.04 bits per heavy atom. The molecule has 0 aromatic heterocycles. The molecule has 0 bridgehead atoms. The molecule has 1 N–H and O–H groups in total. The number of benzene rings is 2. The van der Waals surface area contributed by atoms with Gasteiger partial charge in [0.1, 0.15) is 11.5 Å². The number of methoxy groups -OCH3 is 2. The van der Waals surface area contributed by atoms with E-state index in [0.717, 1.165) is 5.56 Å². The summed E-state index contributed by atoms with van der Waals surface area (Å²) in [5, 5.41) is 4.17. The van der Waals surface area contributed by atoms with Gasteiger partial charge in [0.05, 0.1) is 24.8 Å². The molecule has 0 unspecified atom stereocenters. The smallest absolute Gasteiger partial charge is 0.255 e. The molecule has 4 nitrogen and oxygen atoms in total. The Hall–Kier alpha value is -1.91. The summed E-state index contributed by atoms with van der Waals surface area (Å²) in [5.41, 5.74) is 1.49. The maximum absolute atomic E-state index is 12.8. The lowest BCUT2D eigenvalue weighted by Gasteiger charge is -2.13. The minimum atomic E-state index is -0.221. The molecule has 2 aromatic carbocycles. The van der Waals surface area contributed by atoms with Crippen molar-refractivity contribution in [3.63, 3.8) is 0 Å². The van der Waals surface area contributed by atoms with Crippen molar-refractivity contribution in [2.75, 3.05) is 14.2 Å². The van der Waals surface area contributed by atoms with Gasteiger partial charge in [0.2, 0.25) is 0 Å². The number of rotatable bonds is 5. The highest BCUT2D eigenvalue weighted by Crippen LogP contribution is 2.58. The van der Waals surface area contributed by atoms with Crippen molar-refractivity contribution in [3.05, 3.63) is 57.6 Å². The SMILES string of the molecule is COc1cc(OC)c(C(=O)N[C@H]2[C@H](c3ccc(Cl)cc3)C2(C)C)cc1Cl. The van der Waals surface area contributed by atoms with Crippen LogP contribution >= 0.6 is 23.2 Å². The fraction of sp³-hybridized carbons (Fsp3) is 0.350.